The lowest BCUT2D eigenvalue weighted by Gasteiger charge is -2.03. The zero-order valence-corrected chi connectivity index (χ0v) is 7.09. The molecule has 1 aromatic heterocycles. The van der Waals surface area contributed by atoms with E-state index >= 15 is 0 Å². The number of anilines is 1. The molecule has 0 amide bonds. The van der Waals surface area contributed by atoms with Gasteiger partial charge in [0.25, 0.3) is 0 Å². The molecule has 5 heteroatoms. The summed E-state index contributed by atoms with van der Waals surface area (Å²) in [5.74, 6) is -1.02. The minimum absolute atomic E-state index is 0.113. The highest BCUT2D eigenvalue weighted by Gasteiger charge is 2.09. The Kier molecular flexibility index (Phi) is 2.50. The number of nitrogens with one attached hydrogen (secondary N) is 1. The average molecular weight is 187 g/mol. The summed E-state index contributed by atoms with van der Waals surface area (Å²) in [4.78, 5) is 14.2. The fourth-order valence-electron chi connectivity index (χ4n) is 0.807. The van der Waals surface area contributed by atoms with E-state index in [2.05, 4.69) is 10.3 Å². The number of hydrogen-bond acceptors (Lipinski definition) is 3. The molecule has 1 heterocycles. The average Bonchev–Trinajstić information content (AvgIpc) is 2.03. The molecule has 0 fully saturated rings. The molecule has 0 aromatic carbocycles. The fourth-order valence-corrected chi connectivity index (χ4v) is 0.965. The van der Waals surface area contributed by atoms with E-state index in [-0.39, 0.29) is 10.7 Å². The van der Waals surface area contributed by atoms with Crippen LogP contribution in [0.3, 0.4) is 0 Å². The molecular formula is C7H7ClN2O2. The van der Waals surface area contributed by atoms with Crippen LogP contribution in [0.15, 0.2) is 12.3 Å². The molecule has 0 aliphatic rings. The fraction of sp³-hybridized carbons (Fsp3) is 0.143. The number of carboxylic acid groups (broad SMARTS) is 1. The van der Waals surface area contributed by atoms with Gasteiger partial charge in [-0.1, -0.05) is 11.6 Å². The van der Waals surface area contributed by atoms with Gasteiger partial charge >= 0.3 is 5.97 Å². The van der Waals surface area contributed by atoms with Gasteiger partial charge in [-0.2, -0.15) is 0 Å². The van der Waals surface area contributed by atoms with E-state index in [1.54, 1.807) is 7.05 Å². The highest BCUT2D eigenvalue weighted by atomic mass is 35.5. The van der Waals surface area contributed by atoms with E-state index in [9.17, 15) is 4.79 Å². The second kappa shape index (κ2) is 3.40. The third-order valence-corrected chi connectivity index (χ3v) is 1.58. The number of aromatic nitrogens is 1. The highest BCUT2D eigenvalue weighted by molar-refractivity contribution is 6.29. The Hall–Kier alpha value is -1.29. The molecule has 0 aliphatic carbocycles. The summed E-state index contributed by atoms with van der Waals surface area (Å²) in [7, 11) is 1.62. The molecule has 64 valence electrons. The first kappa shape index (κ1) is 8.80. The van der Waals surface area contributed by atoms with Crippen molar-refractivity contribution in [2.45, 2.75) is 0 Å². The lowest BCUT2D eigenvalue weighted by molar-refractivity contribution is 0.0697. The van der Waals surface area contributed by atoms with Crippen LogP contribution < -0.4 is 5.32 Å². The summed E-state index contributed by atoms with van der Waals surface area (Å²) in [5, 5.41) is 11.6. The molecule has 0 radical (unpaired) electrons. The van der Waals surface area contributed by atoms with Crippen molar-refractivity contribution in [2.24, 2.45) is 0 Å². The van der Waals surface area contributed by atoms with Gasteiger partial charge in [-0.05, 0) is 6.07 Å². The molecule has 0 aliphatic heterocycles. The Labute approximate surface area is 74.2 Å². The van der Waals surface area contributed by atoms with Crippen LogP contribution in [0.25, 0.3) is 0 Å². The lowest BCUT2D eigenvalue weighted by atomic mass is 10.2. The third-order valence-electron chi connectivity index (χ3n) is 1.37. The molecule has 0 atom stereocenters. The number of nitrogens with zero attached hydrogens (tertiary/aromatic N) is 1. The molecule has 0 unspecified atom stereocenters. The molecule has 0 spiro atoms. The first-order valence-electron chi connectivity index (χ1n) is 3.21. The summed E-state index contributed by atoms with van der Waals surface area (Å²) in [5.41, 5.74) is 0.574. The lowest BCUT2D eigenvalue weighted by Crippen LogP contribution is -2.03. The monoisotopic (exact) mass is 186 g/mol. The first-order chi connectivity index (χ1) is 5.65. The second-order valence-electron chi connectivity index (χ2n) is 2.11. The van der Waals surface area contributed by atoms with Gasteiger partial charge < -0.3 is 10.4 Å². The van der Waals surface area contributed by atoms with Crippen molar-refractivity contribution in [3.8, 4) is 0 Å². The molecule has 1 rings (SSSR count). The standard InChI is InChI=1S/C7H7ClN2O2/c1-9-5-2-6(8)10-3-4(5)7(11)12/h2-3H,1H3,(H,9,10)(H,11,12). The van der Waals surface area contributed by atoms with Crippen LogP contribution in [-0.2, 0) is 0 Å². The van der Waals surface area contributed by atoms with E-state index < -0.39 is 5.97 Å². The summed E-state index contributed by atoms with van der Waals surface area (Å²) in [6, 6.07) is 1.46. The summed E-state index contributed by atoms with van der Waals surface area (Å²) < 4.78 is 0. The van der Waals surface area contributed by atoms with Crippen molar-refractivity contribution in [1.29, 1.82) is 0 Å². The van der Waals surface area contributed by atoms with Crippen molar-refractivity contribution >= 4 is 23.3 Å². The van der Waals surface area contributed by atoms with Crippen LogP contribution in [0.4, 0.5) is 5.69 Å². The van der Waals surface area contributed by atoms with Crippen molar-refractivity contribution in [2.75, 3.05) is 12.4 Å². The van der Waals surface area contributed by atoms with Crippen LogP contribution >= 0.6 is 11.6 Å². The Bertz CT molecular complexity index is 314. The number of halogens is 1. The minimum Gasteiger partial charge on any atom is -0.478 e. The molecular weight excluding hydrogens is 180 g/mol. The Balaban J connectivity index is 3.20. The number of rotatable bonds is 2. The van der Waals surface area contributed by atoms with Gasteiger partial charge in [-0.15, -0.1) is 0 Å². The highest BCUT2D eigenvalue weighted by Crippen LogP contribution is 2.17. The third kappa shape index (κ3) is 1.65. The normalized spacial score (nSPS) is 9.50. The number of pyridine rings is 1. The Morgan fingerprint density at radius 2 is 2.42 bits per heavy atom. The number of carbonyl (C=O) groups is 1. The van der Waals surface area contributed by atoms with Gasteiger partial charge in [0.15, 0.2) is 0 Å². The molecule has 0 bridgehead atoms. The van der Waals surface area contributed by atoms with Crippen LogP contribution in [0, 0.1) is 0 Å². The maximum atomic E-state index is 10.6. The van der Waals surface area contributed by atoms with Gasteiger partial charge in [0.1, 0.15) is 10.7 Å². The van der Waals surface area contributed by atoms with Gasteiger partial charge in [-0.25, -0.2) is 9.78 Å². The van der Waals surface area contributed by atoms with Crippen LogP contribution in [-0.4, -0.2) is 23.1 Å². The second-order valence-corrected chi connectivity index (χ2v) is 2.50. The largest absolute Gasteiger partial charge is 0.478 e. The SMILES string of the molecule is CNc1cc(Cl)ncc1C(=O)O. The van der Waals surface area contributed by atoms with Crippen molar-refractivity contribution in [3.05, 3.63) is 23.0 Å². The summed E-state index contributed by atoms with van der Waals surface area (Å²) in [6.07, 6.45) is 1.22. The van der Waals surface area contributed by atoms with Crippen molar-refractivity contribution < 1.29 is 9.90 Å². The van der Waals surface area contributed by atoms with Gasteiger partial charge in [-0.3, -0.25) is 0 Å². The van der Waals surface area contributed by atoms with Crippen LogP contribution in [0.5, 0.6) is 0 Å². The summed E-state index contributed by atoms with van der Waals surface area (Å²) >= 11 is 5.56. The van der Waals surface area contributed by atoms with E-state index in [0.29, 0.717) is 5.69 Å². The van der Waals surface area contributed by atoms with Crippen LogP contribution in [0.2, 0.25) is 5.15 Å². The number of hydrogen-bond donors (Lipinski definition) is 2. The quantitative estimate of drug-likeness (QED) is 0.687. The zero-order chi connectivity index (χ0) is 9.14. The molecule has 0 saturated carbocycles. The minimum atomic E-state index is -1.02. The van der Waals surface area contributed by atoms with Gasteiger partial charge in [0, 0.05) is 13.2 Å². The molecule has 1 aromatic rings. The predicted octanol–water partition coefficient (Wildman–Crippen LogP) is 1.47. The maximum absolute atomic E-state index is 10.6. The van der Waals surface area contributed by atoms with E-state index in [1.807, 2.05) is 0 Å². The van der Waals surface area contributed by atoms with Gasteiger partial charge in [0.2, 0.25) is 0 Å². The van der Waals surface area contributed by atoms with E-state index in [4.69, 9.17) is 16.7 Å². The van der Waals surface area contributed by atoms with Crippen LogP contribution in [0.1, 0.15) is 10.4 Å². The van der Waals surface area contributed by atoms with Gasteiger partial charge in [0.05, 0.1) is 5.69 Å². The molecule has 12 heavy (non-hydrogen) atoms. The summed E-state index contributed by atoms with van der Waals surface area (Å²) in [6.45, 7) is 0. The molecule has 2 N–H and O–H groups in total. The smallest absolute Gasteiger partial charge is 0.339 e. The Morgan fingerprint density at radius 3 is 2.92 bits per heavy atom. The zero-order valence-electron chi connectivity index (χ0n) is 6.34. The molecule has 4 nitrogen and oxygen atoms in total. The first-order valence-corrected chi connectivity index (χ1v) is 3.59. The maximum Gasteiger partial charge on any atom is 0.339 e. The predicted molar refractivity (Wildman–Crippen MR) is 45.8 cm³/mol. The van der Waals surface area contributed by atoms with E-state index in [1.165, 1.54) is 12.3 Å². The topological polar surface area (TPSA) is 62.2 Å². The molecule has 0 saturated heterocycles. The number of aromatic carboxylic acids is 1. The van der Waals surface area contributed by atoms with E-state index in [0.717, 1.165) is 0 Å². The number of carboxylic acids is 1. The van der Waals surface area contributed by atoms with Crippen molar-refractivity contribution in [1.82, 2.24) is 4.98 Å². The van der Waals surface area contributed by atoms with Crippen molar-refractivity contribution in [3.63, 3.8) is 0 Å². The Morgan fingerprint density at radius 1 is 1.75 bits per heavy atom.